The molecule has 0 bridgehead atoms. The van der Waals surface area contributed by atoms with Gasteiger partial charge in [0.2, 0.25) is 0 Å². The van der Waals surface area contributed by atoms with Crippen molar-refractivity contribution in [2.75, 3.05) is 25.6 Å². The monoisotopic (exact) mass is 448 g/mol. The van der Waals surface area contributed by atoms with Crippen LogP contribution in [-0.2, 0) is 0 Å². The van der Waals surface area contributed by atoms with Crippen molar-refractivity contribution in [2.45, 2.75) is 18.0 Å². The standard InChI is InChI=1S/C25H28N4S2/c1-14(26)24-28(3)21(12-30-24)17-9-8-16-6-5-7-19-18(10-11-20(17)23(16)19)22-13-31-25(15(2)27)29(22)4/h5-11,18,21-22H,1-2,12-13,26-27H2,3-4H3/q+2. The molecular formula is C25H28N4S2+2. The predicted octanol–water partition coefficient (Wildman–Crippen LogP) is 3.88. The molecule has 2 aromatic carbocycles. The minimum absolute atomic E-state index is 0.291. The fraction of sp³-hybridized carbons (Fsp3) is 0.280. The molecule has 0 amide bonds. The van der Waals surface area contributed by atoms with Crippen molar-refractivity contribution < 1.29 is 9.15 Å². The molecule has 3 unspecified atom stereocenters. The van der Waals surface area contributed by atoms with Gasteiger partial charge < -0.3 is 11.5 Å². The van der Waals surface area contributed by atoms with E-state index in [1.54, 1.807) is 11.8 Å². The van der Waals surface area contributed by atoms with Crippen molar-refractivity contribution in [3.63, 3.8) is 0 Å². The van der Waals surface area contributed by atoms with Gasteiger partial charge in [0.25, 0.3) is 10.1 Å². The molecule has 1 aliphatic carbocycles. The summed E-state index contributed by atoms with van der Waals surface area (Å²) >= 11 is 3.60. The predicted molar refractivity (Wildman–Crippen MR) is 136 cm³/mol. The summed E-state index contributed by atoms with van der Waals surface area (Å²) in [7, 11) is 4.26. The molecule has 0 saturated heterocycles. The molecule has 31 heavy (non-hydrogen) atoms. The fourth-order valence-corrected chi connectivity index (χ4v) is 7.68. The number of nitrogens with zero attached hydrogens (tertiary/aromatic N) is 2. The van der Waals surface area contributed by atoms with E-state index < -0.39 is 0 Å². The highest BCUT2D eigenvalue weighted by atomic mass is 32.2. The second-order valence-corrected chi connectivity index (χ2v) is 10.5. The van der Waals surface area contributed by atoms with E-state index in [0.29, 0.717) is 29.4 Å². The smallest absolute Gasteiger partial charge is 0.257 e. The topological polar surface area (TPSA) is 58.1 Å². The third-order valence-corrected chi connectivity index (χ3v) is 9.32. The maximum absolute atomic E-state index is 6.03. The average Bonchev–Trinajstić information content (AvgIpc) is 3.32. The van der Waals surface area contributed by atoms with Crippen LogP contribution in [0.5, 0.6) is 0 Å². The Labute approximate surface area is 192 Å². The minimum atomic E-state index is 0.291. The van der Waals surface area contributed by atoms with E-state index in [1.807, 2.05) is 11.8 Å². The zero-order valence-corrected chi connectivity index (χ0v) is 19.6. The average molecular weight is 449 g/mol. The lowest BCUT2D eigenvalue weighted by atomic mass is 9.80. The van der Waals surface area contributed by atoms with Crippen LogP contribution in [-0.4, -0.2) is 50.9 Å². The molecule has 4 nitrogen and oxygen atoms in total. The molecule has 0 radical (unpaired) electrons. The zero-order valence-electron chi connectivity index (χ0n) is 18.0. The molecular weight excluding hydrogens is 420 g/mol. The summed E-state index contributed by atoms with van der Waals surface area (Å²) in [6.07, 6.45) is 4.73. The Hall–Kier alpha value is -2.44. The largest absolute Gasteiger partial charge is 0.393 e. The fourth-order valence-electron chi connectivity index (χ4n) is 5.16. The lowest BCUT2D eigenvalue weighted by Crippen LogP contribution is -2.31. The molecule has 0 spiro atoms. The summed E-state index contributed by atoms with van der Waals surface area (Å²) in [6, 6.07) is 11.9. The molecule has 5 rings (SSSR count). The molecule has 4 N–H and O–H groups in total. The molecule has 3 aliphatic rings. The van der Waals surface area contributed by atoms with Crippen LogP contribution >= 0.6 is 23.5 Å². The Morgan fingerprint density at radius 3 is 2.32 bits per heavy atom. The number of benzene rings is 2. The highest BCUT2D eigenvalue weighted by Crippen LogP contribution is 2.43. The second-order valence-electron chi connectivity index (χ2n) is 8.49. The van der Waals surface area contributed by atoms with Crippen molar-refractivity contribution in [3.8, 4) is 0 Å². The zero-order chi connectivity index (χ0) is 21.9. The first-order valence-corrected chi connectivity index (χ1v) is 12.4. The van der Waals surface area contributed by atoms with Crippen molar-refractivity contribution in [1.29, 1.82) is 0 Å². The van der Waals surface area contributed by atoms with Gasteiger partial charge in [-0.1, -0.05) is 55.6 Å². The summed E-state index contributed by atoms with van der Waals surface area (Å²) in [5.74, 6) is 2.32. The van der Waals surface area contributed by atoms with Gasteiger partial charge in [0.15, 0.2) is 12.1 Å². The minimum Gasteiger partial charge on any atom is -0.393 e. The normalized spacial score (nSPS) is 25.0. The van der Waals surface area contributed by atoms with Gasteiger partial charge in [-0.25, -0.2) is 9.15 Å². The Balaban J connectivity index is 1.64. The SMILES string of the molecule is C=C(N)C1=[N+](C)C(c2ccc3cccc4c3c2C=CC4C2CSC(C(=C)N)=[N+]2C)CS1. The summed E-state index contributed by atoms with van der Waals surface area (Å²) in [5.41, 5.74) is 17.5. The lowest BCUT2D eigenvalue weighted by molar-refractivity contribution is -0.532. The van der Waals surface area contributed by atoms with Crippen LogP contribution in [0.1, 0.15) is 28.7 Å². The first-order valence-electron chi connectivity index (χ1n) is 10.5. The molecule has 6 heteroatoms. The van der Waals surface area contributed by atoms with Crippen LogP contribution in [0.2, 0.25) is 0 Å². The number of rotatable bonds is 4. The van der Waals surface area contributed by atoms with E-state index in [2.05, 4.69) is 78.9 Å². The van der Waals surface area contributed by atoms with Gasteiger partial charge in [-0.05, 0) is 45.4 Å². The molecule has 2 aromatic rings. The van der Waals surface area contributed by atoms with Gasteiger partial charge in [-0.15, -0.1) is 0 Å². The Morgan fingerprint density at radius 1 is 0.935 bits per heavy atom. The van der Waals surface area contributed by atoms with Crippen LogP contribution < -0.4 is 11.5 Å². The summed E-state index contributed by atoms with van der Waals surface area (Å²) in [6.45, 7) is 7.91. The molecule has 0 aromatic heterocycles. The highest BCUT2D eigenvalue weighted by Gasteiger charge is 2.40. The van der Waals surface area contributed by atoms with Crippen LogP contribution in [0.15, 0.2) is 61.0 Å². The highest BCUT2D eigenvalue weighted by molar-refractivity contribution is 8.14. The quantitative estimate of drug-likeness (QED) is 0.697. The van der Waals surface area contributed by atoms with Gasteiger partial charge in [-0.3, -0.25) is 0 Å². The maximum atomic E-state index is 6.03. The number of likely N-dealkylation sites (N-methyl/N-ethyl adjacent to an activating group) is 1. The van der Waals surface area contributed by atoms with Gasteiger partial charge in [0, 0.05) is 5.56 Å². The Bertz CT molecular complexity index is 1240. The van der Waals surface area contributed by atoms with Crippen molar-refractivity contribution in [2.24, 2.45) is 11.5 Å². The van der Waals surface area contributed by atoms with Gasteiger partial charge >= 0.3 is 0 Å². The number of nitrogens with two attached hydrogens (primary N) is 2. The van der Waals surface area contributed by atoms with E-state index in [4.69, 9.17) is 11.5 Å². The third kappa shape index (κ3) is 3.15. The summed E-state index contributed by atoms with van der Waals surface area (Å²) in [5, 5.41) is 4.86. The number of thioether (sulfide) groups is 2. The van der Waals surface area contributed by atoms with Gasteiger partial charge in [0.1, 0.15) is 25.5 Å². The van der Waals surface area contributed by atoms with E-state index in [9.17, 15) is 0 Å². The molecule has 2 aliphatic heterocycles. The third-order valence-electron chi connectivity index (χ3n) is 6.68. The lowest BCUT2D eigenvalue weighted by Gasteiger charge is -2.25. The first kappa shape index (κ1) is 20.5. The first-order chi connectivity index (χ1) is 14.9. The van der Waals surface area contributed by atoms with E-state index in [1.165, 1.54) is 27.5 Å². The Morgan fingerprint density at radius 2 is 1.65 bits per heavy atom. The molecule has 3 atom stereocenters. The van der Waals surface area contributed by atoms with Gasteiger partial charge in [-0.2, -0.15) is 0 Å². The Kier molecular flexibility index (Phi) is 5.02. The summed E-state index contributed by atoms with van der Waals surface area (Å²) < 4.78 is 4.59. The van der Waals surface area contributed by atoms with E-state index in [0.717, 1.165) is 21.6 Å². The van der Waals surface area contributed by atoms with Gasteiger partial charge in [0.05, 0.1) is 17.4 Å². The second kappa shape index (κ2) is 7.61. The molecule has 2 heterocycles. The van der Waals surface area contributed by atoms with Crippen LogP contribution in [0.25, 0.3) is 16.8 Å². The maximum Gasteiger partial charge on any atom is 0.257 e. The molecule has 0 fully saturated rings. The summed E-state index contributed by atoms with van der Waals surface area (Å²) in [4.78, 5) is 0. The van der Waals surface area contributed by atoms with E-state index in [-0.39, 0.29) is 0 Å². The molecule has 0 saturated carbocycles. The van der Waals surface area contributed by atoms with Crippen molar-refractivity contribution in [1.82, 2.24) is 0 Å². The molecule has 158 valence electrons. The van der Waals surface area contributed by atoms with E-state index >= 15 is 0 Å². The van der Waals surface area contributed by atoms with Crippen molar-refractivity contribution in [3.05, 3.63) is 77.7 Å². The number of hydrogen-bond donors (Lipinski definition) is 2. The van der Waals surface area contributed by atoms with Crippen LogP contribution in [0.3, 0.4) is 0 Å². The van der Waals surface area contributed by atoms with Crippen molar-refractivity contribution >= 4 is 50.5 Å². The van der Waals surface area contributed by atoms with Crippen LogP contribution in [0.4, 0.5) is 0 Å². The number of hydrogen-bond acceptors (Lipinski definition) is 4. The van der Waals surface area contributed by atoms with Crippen LogP contribution in [0, 0.1) is 0 Å².